The highest BCUT2D eigenvalue weighted by molar-refractivity contribution is 5.36. The van der Waals surface area contributed by atoms with Crippen LogP contribution in [0.15, 0.2) is 12.1 Å². The first-order valence-corrected chi connectivity index (χ1v) is 6.46. The van der Waals surface area contributed by atoms with Crippen LogP contribution in [-0.4, -0.2) is 22.5 Å². The number of nitrogens with one attached hydrogen (secondary N) is 1. The summed E-state index contributed by atoms with van der Waals surface area (Å²) in [5, 5.41) is 14.4. The maximum absolute atomic E-state index is 11.0. The lowest BCUT2D eigenvalue weighted by Gasteiger charge is -2.16. The first kappa shape index (κ1) is 13.0. The standard InChI is InChI=1S/C13H19N3O2/c1-3-14-11(10-5-6-10)8-12-13(16(17)18)7-4-9(2)15-12/h4,7,10-11,14H,3,5-6,8H2,1-2H3. The van der Waals surface area contributed by atoms with Gasteiger partial charge >= 0.3 is 0 Å². The maximum atomic E-state index is 11.0. The molecule has 1 atom stereocenters. The van der Waals surface area contributed by atoms with Gasteiger partial charge in [-0.1, -0.05) is 6.92 Å². The molecule has 0 radical (unpaired) electrons. The molecule has 1 fully saturated rings. The highest BCUT2D eigenvalue weighted by atomic mass is 16.6. The minimum Gasteiger partial charge on any atom is -0.314 e. The number of nitro groups is 1. The smallest absolute Gasteiger partial charge is 0.290 e. The van der Waals surface area contributed by atoms with Crippen molar-refractivity contribution in [2.75, 3.05) is 6.54 Å². The third kappa shape index (κ3) is 3.04. The van der Waals surface area contributed by atoms with Crippen LogP contribution >= 0.6 is 0 Å². The Bertz CT molecular complexity index is 444. The summed E-state index contributed by atoms with van der Waals surface area (Å²) in [4.78, 5) is 15.0. The molecular weight excluding hydrogens is 230 g/mol. The number of hydrogen-bond acceptors (Lipinski definition) is 4. The molecule has 0 aromatic carbocycles. The van der Waals surface area contributed by atoms with E-state index in [1.54, 1.807) is 12.1 Å². The molecule has 0 bridgehead atoms. The molecule has 1 aliphatic carbocycles. The van der Waals surface area contributed by atoms with Gasteiger partial charge in [0.25, 0.3) is 5.69 Å². The molecule has 1 aromatic rings. The fourth-order valence-corrected chi connectivity index (χ4v) is 2.29. The van der Waals surface area contributed by atoms with Gasteiger partial charge in [0.2, 0.25) is 0 Å². The Morgan fingerprint density at radius 1 is 1.56 bits per heavy atom. The fourth-order valence-electron chi connectivity index (χ4n) is 2.29. The summed E-state index contributed by atoms with van der Waals surface area (Å²) in [6, 6.07) is 3.58. The molecule has 1 aromatic heterocycles. The van der Waals surface area contributed by atoms with E-state index in [0.29, 0.717) is 24.1 Å². The predicted molar refractivity (Wildman–Crippen MR) is 69.5 cm³/mol. The number of hydrogen-bond donors (Lipinski definition) is 1. The number of likely N-dealkylation sites (N-methyl/N-ethyl adjacent to an activating group) is 1. The fraction of sp³-hybridized carbons (Fsp3) is 0.615. The van der Waals surface area contributed by atoms with Crippen molar-refractivity contribution in [1.29, 1.82) is 0 Å². The molecule has 0 aliphatic heterocycles. The lowest BCUT2D eigenvalue weighted by molar-refractivity contribution is -0.386. The van der Waals surface area contributed by atoms with E-state index in [-0.39, 0.29) is 10.6 Å². The Morgan fingerprint density at radius 2 is 2.28 bits per heavy atom. The zero-order valence-electron chi connectivity index (χ0n) is 10.8. The summed E-state index contributed by atoms with van der Waals surface area (Å²) in [5.74, 6) is 0.659. The van der Waals surface area contributed by atoms with Crippen molar-refractivity contribution >= 4 is 5.69 Å². The molecule has 0 amide bonds. The lowest BCUT2D eigenvalue weighted by atomic mass is 10.0. The number of pyridine rings is 1. The van der Waals surface area contributed by atoms with Crippen LogP contribution in [0.25, 0.3) is 0 Å². The van der Waals surface area contributed by atoms with Crippen molar-refractivity contribution in [3.8, 4) is 0 Å². The number of aromatic nitrogens is 1. The minimum atomic E-state index is -0.336. The van der Waals surface area contributed by atoms with E-state index >= 15 is 0 Å². The molecule has 1 aliphatic rings. The summed E-state index contributed by atoms with van der Waals surface area (Å²) in [5.41, 5.74) is 1.59. The molecule has 1 saturated carbocycles. The van der Waals surface area contributed by atoms with E-state index in [2.05, 4.69) is 17.2 Å². The van der Waals surface area contributed by atoms with Crippen LogP contribution in [0.2, 0.25) is 0 Å². The van der Waals surface area contributed by atoms with Gasteiger partial charge in [0.15, 0.2) is 0 Å². The van der Waals surface area contributed by atoms with E-state index in [9.17, 15) is 10.1 Å². The van der Waals surface area contributed by atoms with Gasteiger partial charge in [-0.3, -0.25) is 15.1 Å². The van der Waals surface area contributed by atoms with Crippen molar-refractivity contribution in [2.45, 2.75) is 39.2 Å². The van der Waals surface area contributed by atoms with Gasteiger partial charge in [0.05, 0.1) is 4.92 Å². The van der Waals surface area contributed by atoms with Crippen LogP contribution in [0.1, 0.15) is 31.2 Å². The number of nitrogens with zero attached hydrogens (tertiary/aromatic N) is 2. The molecule has 1 unspecified atom stereocenters. The Kier molecular flexibility index (Phi) is 3.91. The van der Waals surface area contributed by atoms with Crippen LogP contribution < -0.4 is 5.32 Å². The Labute approximate surface area is 107 Å². The summed E-state index contributed by atoms with van der Waals surface area (Å²) in [7, 11) is 0. The highest BCUT2D eigenvalue weighted by Crippen LogP contribution is 2.34. The Hall–Kier alpha value is -1.49. The van der Waals surface area contributed by atoms with Crippen LogP contribution in [0.3, 0.4) is 0 Å². The molecule has 5 heteroatoms. The highest BCUT2D eigenvalue weighted by Gasteiger charge is 2.32. The van der Waals surface area contributed by atoms with Crippen molar-refractivity contribution in [2.24, 2.45) is 5.92 Å². The number of rotatable bonds is 6. The monoisotopic (exact) mass is 249 g/mol. The van der Waals surface area contributed by atoms with Gasteiger partial charge in [-0.05, 0) is 38.3 Å². The van der Waals surface area contributed by atoms with Gasteiger partial charge in [-0.25, -0.2) is 0 Å². The van der Waals surface area contributed by atoms with Crippen LogP contribution in [-0.2, 0) is 6.42 Å². The molecule has 2 rings (SSSR count). The van der Waals surface area contributed by atoms with E-state index in [1.165, 1.54) is 12.8 Å². The largest absolute Gasteiger partial charge is 0.314 e. The second-order valence-electron chi connectivity index (χ2n) is 4.88. The molecule has 0 saturated heterocycles. The second kappa shape index (κ2) is 5.44. The molecule has 0 spiro atoms. The van der Waals surface area contributed by atoms with Gasteiger partial charge < -0.3 is 5.32 Å². The molecule has 1 heterocycles. The molecule has 98 valence electrons. The van der Waals surface area contributed by atoms with E-state index in [4.69, 9.17) is 0 Å². The zero-order valence-corrected chi connectivity index (χ0v) is 10.8. The molecular formula is C13H19N3O2. The summed E-state index contributed by atoms with van der Waals surface area (Å²) < 4.78 is 0. The molecule has 18 heavy (non-hydrogen) atoms. The molecule has 5 nitrogen and oxygen atoms in total. The summed E-state index contributed by atoms with van der Waals surface area (Å²) in [6.07, 6.45) is 3.09. The Balaban J connectivity index is 2.20. The third-order valence-corrected chi connectivity index (χ3v) is 3.36. The quantitative estimate of drug-likeness (QED) is 0.620. The van der Waals surface area contributed by atoms with Gasteiger partial charge in [0.1, 0.15) is 5.69 Å². The van der Waals surface area contributed by atoms with Crippen molar-refractivity contribution in [3.05, 3.63) is 33.6 Å². The zero-order chi connectivity index (χ0) is 13.1. The normalized spacial score (nSPS) is 16.6. The second-order valence-corrected chi connectivity index (χ2v) is 4.88. The minimum absolute atomic E-state index is 0.143. The van der Waals surface area contributed by atoms with E-state index in [0.717, 1.165) is 12.2 Å². The van der Waals surface area contributed by atoms with E-state index < -0.39 is 0 Å². The van der Waals surface area contributed by atoms with Gasteiger partial charge in [0, 0.05) is 24.2 Å². The van der Waals surface area contributed by atoms with Gasteiger partial charge in [-0.15, -0.1) is 0 Å². The van der Waals surface area contributed by atoms with Crippen molar-refractivity contribution < 1.29 is 4.92 Å². The maximum Gasteiger partial charge on any atom is 0.290 e. The molecule has 1 N–H and O–H groups in total. The first-order chi connectivity index (χ1) is 8.61. The lowest BCUT2D eigenvalue weighted by Crippen LogP contribution is -2.33. The summed E-state index contributed by atoms with van der Waals surface area (Å²) >= 11 is 0. The van der Waals surface area contributed by atoms with Crippen LogP contribution in [0.4, 0.5) is 5.69 Å². The third-order valence-electron chi connectivity index (χ3n) is 3.36. The topological polar surface area (TPSA) is 68.1 Å². The summed E-state index contributed by atoms with van der Waals surface area (Å²) in [6.45, 7) is 4.82. The van der Waals surface area contributed by atoms with Crippen molar-refractivity contribution in [1.82, 2.24) is 10.3 Å². The SMILES string of the molecule is CCNC(Cc1nc(C)ccc1[N+](=O)[O-])C1CC1. The van der Waals surface area contributed by atoms with Gasteiger partial charge in [-0.2, -0.15) is 0 Å². The van der Waals surface area contributed by atoms with Crippen LogP contribution in [0.5, 0.6) is 0 Å². The Morgan fingerprint density at radius 3 is 2.83 bits per heavy atom. The average Bonchev–Trinajstić information content (AvgIpc) is 3.12. The predicted octanol–water partition coefficient (Wildman–Crippen LogP) is 2.23. The average molecular weight is 249 g/mol. The number of aryl methyl sites for hydroxylation is 1. The first-order valence-electron chi connectivity index (χ1n) is 6.46. The van der Waals surface area contributed by atoms with Crippen LogP contribution in [0, 0.1) is 23.0 Å². The van der Waals surface area contributed by atoms with E-state index in [1.807, 2.05) is 6.92 Å². The van der Waals surface area contributed by atoms with Crippen molar-refractivity contribution in [3.63, 3.8) is 0 Å².